The molecule has 94 valence electrons. The molecule has 0 unspecified atom stereocenters. The van der Waals surface area contributed by atoms with Crippen molar-refractivity contribution >= 4 is 0 Å². The molecule has 1 rings (SSSR count). The average Bonchev–Trinajstić information content (AvgIpc) is 2.17. The summed E-state index contributed by atoms with van der Waals surface area (Å²) < 4.78 is 0. The van der Waals surface area contributed by atoms with Gasteiger partial charge in [-0.25, -0.2) is 0 Å². The Bertz CT molecular complexity index is 244. The minimum atomic E-state index is -0.488. The van der Waals surface area contributed by atoms with Crippen molar-refractivity contribution in [2.75, 3.05) is 0 Å². The molecular formula is C15H28O. The molecule has 16 heavy (non-hydrogen) atoms. The zero-order chi connectivity index (χ0) is 12.3. The third-order valence-electron chi connectivity index (χ3n) is 4.36. The van der Waals surface area contributed by atoms with Crippen LogP contribution in [0, 0.1) is 23.7 Å². The zero-order valence-corrected chi connectivity index (χ0v) is 11.5. The highest BCUT2D eigenvalue weighted by atomic mass is 16.3. The molecule has 0 spiro atoms. The lowest BCUT2D eigenvalue weighted by molar-refractivity contribution is -0.105. The highest BCUT2D eigenvalue weighted by Crippen LogP contribution is 2.45. The molecule has 1 aliphatic carbocycles. The second-order valence-corrected chi connectivity index (χ2v) is 6.04. The lowest BCUT2D eigenvalue weighted by atomic mass is 9.62. The van der Waals surface area contributed by atoms with Crippen LogP contribution in [-0.4, -0.2) is 10.7 Å². The van der Waals surface area contributed by atoms with Gasteiger partial charge >= 0.3 is 0 Å². The van der Waals surface area contributed by atoms with E-state index < -0.39 is 5.60 Å². The molecule has 0 radical (unpaired) electrons. The quantitative estimate of drug-likeness (QED) is 0.718. The molecule has 0 aromatic heterocycles. The maximum absolute atomic E-state index is 11.0. The van der Waals surface area contributed by atoms with E-state index in [9.17, 15) is 5.11 Å². The van der Waals surface area contributed by atoms with E-state index in [0.29, 0.717) is 17.8 Å². The normalized spacial score (nSPS) is 38.2. The minimum Gasteiger partial charge on any atom is -0.389 e. The number of hydrogen-bond acceptors (Lipinski definition) is 1. The maximum Gasteiger partial charge on any atom is 0.0740 e. The van der Waals surface area contributed by atoms with Crippen LogP contribution in [0.4, 0.5) is 0 Å². The predicted octanol–water partition coefficient (Wildman–Crippen LogP) is 4.02. The summed E-state index contributed by atoms with van der Waals surface area (Å²) in [6.45, 7) is 11.0. The fourth-order valence-electron chi connectivity index (χ4n) is 3.42. The highest BCUT2D eigenvalue weighted by molar-refractivity contribution is 5.03. The second kappa shape index (κ2) is 5.35. The molecule has 1 aliphatic rings. The first-order valence-corrected chi connectivity index (χ1v) is 6.77. The van der Waals surface area contributed by atoms with Gasteiger partial charge in [0.2, 0.25) is 0 Å². The van der Waals surface area contributed by atoms with E-state index in [1.807, 2.05) is 6.92 Å². The molecule has 0 aromatic rings. The van der Waals surface area contributed by atoms with E-state index in [2.05, 4.69) is 39.8 Å². The summed E-state index contributed by atoms with van der Waals surface area (Å²) in [4.78, 5) is 0. The van der Waals surface area contributed by atoms with Gasteiger partial charge in [-0.15, -0.1) is 0 Å². The molecule has 1 heteroatoms. The summed E-state index contributed by atoms with van der Waals surface area (Å²) in [5, 5.41) is 11.0. The summed E-state index contributed by atoms with van der Waals surface area (Å²) in [5.41, 5.74) is -0.488. The van der Waals surface area contributed by atoms with Crippen molar-refractivity contribution in [3.05, 3.63) is 12.2 Å². The van der Waals surface area contributed by atoms with Gasteiger partial charge in [-0.1, -0.05) is 46.3 Å². The first-order chi connectivity index (χ1) is 7.41. The van der Waals surface area contributed by atoms with Crippen molar-refractivity contribution in [1.29, 1.82) is 0 Å². The third kappa shape index (κ3) is 2.68. The Morgan fingerprint density at radius 3 is 2.38 bits per heavy atom. The van der Waals surface area contributed by atoms with Crippen LogP contribution in [0.3, 0.4) is 0 Å². The monoisotopic (exact) mass is 224 g/mol. The Labute approximate surface area is 101 Å². The average molecular weight is 224 g/mol. The molecule has 1 saturated carbocycles. The Kier molecular flexibility index (Phi) is 4.61. The van der Waals surface area contributed by atoms with E-state index in [1.165, 1.54) is 12.8 Å². The van der Waals surface area contributed by atoms with Crippen LogP contribution in [0.5, 0.6) is 0 Å². The molecule has 4 atom stereocenters. The topological polar surface area (TPSA) is 20.2 Å². The van der Waals surface area contributed by atoms with Crippen LogP contribution in [0.15, 0.2) is 12.2 Å². The van der Waals surface area contributed by atoms with Crippen LogP contribution in [0.2, 0.25) is 0 Å². The third-order valence-corrected chi connectivity index (χ3v) is 4.36. The smallest absolute Gasteiger partial charge is 0.0740 e. The molecule has 0 saturated heterocycles. The largest absolute Gasteiger partial charge is 0.389 e. The van der Waals surface area contributed by atoms with Gasteiger partial charge in [0, 0.05) is 5.92 Å². The number of aliphatic hydroxyl groups is 1. The van der Waals surface area contributed by atoms with Gasteiger partial charge in [0.1, 0.15) is 0 Å². The Balaban J connectivity index is 2.91. The van der Waals surface area contributed by atoms with Gasteiger partial charge < -0.3 is 5.11 Å². The van der Waals surface area contributed by atoms with Crippen molar-refractivity contribution in [3.63, 3.8) is 0 Å². The zero-order valence-electron chi connectivity index (χ0n) is 11.5. The van der Waals surface area contributed by atoms with Gasteiger partial charge in [0.05, 0.1) is 5.60 Å². The molecule has 0 amide bonds. The van der Waals surface area contributed by atoms with Gasteiger partial charge in [0.25, 0.3) is 0 Å². The van der Waals surface area contributed by atoms with Crippen LogP contribution < -0.4 is 0 Å². The standard InChI is InChI=1S/C15H28O/c1-6-7-13(5)15(16)10-12(4)8-9-14(15)11(2)3/h6-7,11-14,16H,8-10H2,1-5H3/b7-6-/t12-,13+,14+,15+/m1/s1. The van der Waals surface area contributed by atoms with Gasteiger partial charge in [-0.05, 0) is 37.5 Å². The highest BCUT2D eigenvalue weighted by Gasteiger charge is 2.45. The SMILES string of the molecule is C/C=C\[C@H](C)[C@@]1(O)C[C@H](C)CC[C@H]1C(C)C. The van der Waals surface area contributed by atoms with Gasteiger partial charge in [-0.2, -0.15) is 0 Å². The minimum absolute atomic E-state index is 0.271. The summed E-state index contributed by atoms with van der Waals surface area (Å²) in [6.07, 6.45) is 7.64. The van der Waals surface area contributed by atoms with Crippen molar-refractivity contribution < 1.29 is 5.11 Å². The van der Waals surface area contributed by atoms with Gasteiger partial charge in [0.15, 0.2) is 0 Å². The van der Waals surface area contributed by atoms with E-state index in [4.69, 9.17) is 0 Å². The summed E-state index contributed by atoms with van der Waals surface area (Å²) in [6, 6.07) is 0. The number of rotatable bonds is 3. The van der Waals surface area contributed by atoms with Crippen molar-refractivity contribution in [2.45, 2.75) is 59.5 Å². The summed E-state index contributed by atoms with van der Waals surface area (Å²) in [7, 11) is 0. The Morgan fingerprint density at radius 1 is 1.25 bits per heavy atom. The van der Waals surface area contributed by atoms with E-state index >= 15 is 0 Å². The molecule has 0 bridgehead atoms. The molecule has 1 N–H and O–H groups in total. The van der Waals surface area contributed by atoms with Crippen LogP contribution in [-0.2, 0) is 0 Å². The Morgan fingerprint density at radius 2 is 1.88 bits per heavy atom. The lowest BCUT2D eigenvalue weighted by Gasteiger charge is -2.47. The van der Waals surface area contributed by atoms with E-state index in [0.717, 1.165) is 6.42 Å². The molecule has 0 aromatic carbocycles. The lowest BCUT2D eigenvalue weighted by Crippen LogP contribution is -2.49. The predicted molar refractivity (Wildman–Crippen MR) is 70.3 cm³/mol. The van der Waals surface area contributed by atoms with Crippen LogP contribution in [0.1, 0.15) is 53.9 Å². The van der Waals surface area contributed by atoms with Crippen molar-refractivity contribution in [2.24, 2.45) is 23.7 Å². The van der Waals surface area contributed by atoms with Gasteiger partial charge in [-0.3, -0.25) is 0 Å². The fourth-order valence-corrected chi connectivity index (χ4v) is 3.42. The molecule has 0 aliphatic heterocycles. The van der Waals surface area contributed by atoms with Crippen LogP contribution in [0.25, 0.3) is 0 Å². The molecular weight excluding hydrogens is 196 g/mol. The van der Waals surface area contributed by atoms with Crippen molar-refractivity contribution in [3.8, 4) is 0 Å². The van der Waals surface area contributed by atoms with E-state index in [1.54, 1.807) is 0 Å². The molecule has 1 fully saturated rings. The Hall–Kier alpha value is -0.300. The molecule has 1 nitrogen and oxygen atoms in total. The first kappa shape index (κ1) is 13.8. The van der Waals surface area contributed by atoms with E-state index in [-0.39, 0.29) is 5.92 Å². The van der Waals surface area contributed by atoms with Crippen molar-refractivity contribution in [1.82, 2.24) is 0 Å². The van der Waals surface area contributed by atoms with Crippen LogP contribution >= 0.6 is 0 Å². The molecule has 0 heterocycles. The number of hydrogen-bond donors (Lipinski definition) is 1. The fraction of sp³-hybridized carbons (Fsp3) is 0.867. The summed E-state index contributed by atoms with van der Waals surface area (Å²) >= 11 is 0. The second-order valence-electron chi connectivity index (χ2n) is 6.04. The maximum atomic E-state index is 11.0. The number of allylic oxidation sites excluding steroid dienone is 1. The first-order valence-electron chi connectivity index (χ1n) is 6.77. The summed E-state index contributed by atoms with van der Waals surface area (Å²) in [5.74, 6) is 1.96.